The van der Waals surface area contributed by atoms with Gasteiger partial charge in [0.15, 0.2) is 0 Å². The van der Waals surface area contributed by atoms with Gasteiger partial charge in [0.05, 0.1) is 6.10 Å². The molecular weight excluding hydrogens is 300 g/mol. The van der Waals surface area contributed by atoms with E-state index in [-0.39, 0.29) is 18.3 Å². The first kappa shape index (κ1) is 18.8. The maximum absolute atomic E-state index is 12.1. The van der Waals surface area contributed by atoms with Crippen molar-refractivity contribution in [1.29, 1.82) is 0 Å². The van der Waals surface area contributed by atoms with Gasteiger partial charge in [-0.2, -0.15) is 0 Å². The maximum atomic E-state index is 12.1. The Morgan fingerprint density at radius 1 is 1.23 bits per heavy atom. The van der Waals surface area contributed by atoms with Crippen LogP contribution in [-0.2, 0) is 0 Å². The molecule has 0 bridgehead atoms. The third kappa shape index (κ3) is 6.24. The van der Waals surface area contributed by atoms with Crippen molar-refractivity contribution < 1.29 is 9.53 Å². The average molecular weight is 327 g/mol. The lowest BCUT2D eigenvalue weighted by Crippen LogP contribution is -2.32. The summed E-state index contributed by atoms with van der Waals surface area (Å²) in [5.74, 6) is 0.767. The molecule has 1 aliphatic rings. The molecule has 4 nitrogen and oxygen atoms in total. The van der Waals surface area contributed by atoms with Crippen molar-refractivity contribution in [1.82, 2.24) is 10.6 Å². The Kier molecular flexibility index (Phi) is 8.94. The van der Waals surface area contributed by atoms with Gasteiger partial charge in [-0.25, -0.2) is 0 Å². The quantitative estimate of drug-likeness (QED) is 0.721. The van der Waals surface area contributed by atoms with Crippen LogP contribution in [0, 0.1) is 0 Å². The van der Waals surface area contributed by atoms with Crippen LogP contribution in [0.5, 0.6) is 5.75 Å². The van der Waals surface area contributed by atoms with Crippen LogP contribution in [0.15, 0.2) is 24.3 Å². The first-order valence-corrected chi connectivity index (χ1v) is 8.05. The molecule has 22 heavy (non-hydrogen) atoms. The molecule has 1 aliphatic carbocycles. The van der Waals surface area contributed by atoms with E-state index in [1.165, 1.54) is 12.8 Å². The summed E-state index contributed by atoms with van der Waals surface area (Å²) in [6.45, 7) is 4.56. The Morgan fingerprint density at radius 2 is 2.00 bits per heavy atom. The maximum Gasteiger partial charge on any atom is 0.251 e. The second kappa shape index (κ2) is 10.5. The Morgan fingerprint density at radius 3 is 2.73 bits per heavy atom. The second-order valence-corrected chi connectivity index (χ2v) is 5.56. The van der Waals surface area contributed by atoms with E-state index in [0.29, 0.717) is 18.2 Å². The van der Waals surface area contributed by atoms with Crippen molar-refractivity contribution >= 4 is 18.3 Å². The summed E-state index contributed by atoms with van der Waals surface area (Å²) in [6.07, 6.45) is 6.17. The number of halogens is 1. The van der Waals surface area contributed by atoms with Crippen LogP contribution in [0.2, 0.25) is 0 Å². The van der Waals surface area contributed by atoms with Gasteiger partial charge >= 0.3 is 0 Å². The summed E-state index contributed by atoms with van der Waals surface area (Å²) in [6, 6.07) is 7.48. The molecule has 2 rings (SSSR count). The van der Waals surface area contributed by atoms with Gasteiger partial charge in [-0.05, 0) is 56.8 Å². The highest BCUT2D eigenvalue weighted by molar-refractivity contribution is 5.94. The molecule has 0 aromatic heterocycles. The zero-order valence-corrected chi connectivity index (χ0v) is 14.1. The zero-order valence-electron chi connectivity index (χ0n) is 13.3. The fraction of sp³-hybridized carbons (Fsp3) is 0.588. The van der Waals surface area contributed by atoms with Gasteiger partial charge in [0.2, 0.25) is 0 Å². The van der Waals surface area contributed by atoms with Gasteiger partial charge in [0.25, 0.3) is 5.91 Å². The highest BCUT2D eigenvalue weighted by atomic mass is 35.5. The van der Waals surface area contributed by atoms with E-state index in [4.69, 9.17) is 4.74 Å². The Hall–Kier alpha value is -1.26. The molecule has 2 N–H and O–H groups in total. The highest BCUT2D eigenvalue weighted by Gasteiger charge is 2.16. The molecule has 0 heterocycles. The van der Waals surface area contributed by atoms with Crippen LogP contribution >= 0.6 is 12.4 Å². The van der Waals surface area contributed by atoms with Crippen LogP contribution in [0.1, 0.15) is 49.4 Å². The van der Waals surface area contributed by atoms with Crippen LogP contribution < -0.4 is 15.4 Å². The number of hydrogen-bond acceptors (Lipinski definition) is 3. The van der Waals surface area contributed by atoms with Crippen molar-refractivity contribution in [3.8, 4) is 5.75 Å². The van der Waals surface area contributed by atoms with E-state index in [1.54, 1.807) is 0 Å². The molecule has 0 radical (unpaired) electrons. The summed E-state index contributed by atoms with van der Waals surface area (Å²) in [7, 11) is 0. The van der Waals surface area contributed by atoms with E-state index in [0.717, 1.165) is 38.1 Å². The van der Waals surface area contributed by atoms with E-state index in [9.17, 15) is 4.79 Å². The Bertz CT molecular complexity index is 448. The smallest absolute Gasteiger partial charge is 0.251 e. The average Bonchev–Trinajstić information content (AvgIpc) is 3.00. The molecule has 0 saturated heterocycles. The number of carbonyl (C=O) groups excluding carboxylic acids is 1. The van der Waals surface area contributed by atoms with E-state index in [2.05, 4.69) is 17.6 Å². The lowest BCUT2D eigenvalue weighted by molar-refractivity contribution is 0.0953. The third-order valence-corrected chi connectivity index (χ3v) is 3.72. The van der Waals surface area contributed by atoms with Crippen LogP contribution in [0.4, 0.5) is 0 Å². The Balaban J connectivity index is 0.00000242. The molecule has 0 unspecified atom stereocenters. The number of nitrogens with one attached hydrogen (secondary N) is 2. The predicted molar refractivity (Wildman–Crippen MR) is 92.1 cm³/mol. The number of carbonyl (C=O) groups is 1. The molecule has 1 saturated carbocycles. The van der Waals surface area contributed by atoms with Gasteiger partial charge in [0, 0.05) is 18.7 Å². The number of hydrogen-bond donors (Lipinski definition) is 2. The number of amides is 1. The van der Waals surface area contributed by atoms with E-state index >= 15 is 0 Å². The van der Waals surface area contributed by atoms with Crippen LogP contribution in [0.3, 0.4) is 0 Å². The van der Waals surface area contributed by atoms with Gasteiger partial charge < -0.3 is 15.4 Å². The normalized spacial score (nSPS) is 14.4. The standard InChI is InChI=1S/C17H26N2O2.ClH/c1-2-10-18-11-12-19-17(20)14-6-5-9-16(13-14)21-15-7-3-4-8-15;/h5-6,9,13,15,18H,2-4,7-8,10-12H2,1H3,(H,19,20);1H. The molecule has 0 spiro atoms. The van der Waals surface area contributed by atoms with Crippen LogP contribution in [0.25, 0.3) is 0 Å². The molecule has 5 heteroatoms. The lowest BCUT2D eigenvalue weighted by atomic mass is 10.2. The number of rotatable bonds is 8. The van der Waals surface area contributed by atoms with Crippen molar-refractivity contribution in [2.24, 2.45) is 0 Å². The van der Waals surface area contributed by atoms with E-state index in [1.807, 2.05) is 24.3 Å². The highest BCUT2D eigenvalue weighted by Crippen LogP contribution is 2.24. The SMILES string of the molecule is CCCNCCNC(=O)c1cccc(OC2CCCC2)c1.Cl. The predicted octanol–water partition coefficient (Wildman–Crippen LogP) is 3.16. The van der Waals surface area contributed by atoms with Crippen LogP contribution in [-0.4, -0.2) is 31.6 Å². The van der Waals surface area contributed by atoms with Crippen molar-refractivity contribution in [3.63, 3.8) is 0 Å². The molecule has 1 fully saturated rings. The minimum absolute atomic E-state index is 0. The summed E-state index contributed by atoms with van der Waals surface area (Å²) < 4.78 is 5.93. The minimum atomic E-state index is -0.0369. The fourth-order valence-corrected chi connectivity index (χ4v) is 2.58. The summed E-state index contributed by atoms with van der Waals surface area (Å²) in [4.78, 5) is 12.1. The van der Waals surface area contributed by atoms with Gasteiger partial charge in [-0.15, -0.1) is 12.4 Å². The van der Waals surface area contributed by atoms with Gasteiger partial charge in [0.1, 0.15) is 5.75 Å². The molecule has 1 amide bonds. The zero-order chi connectivity index (χ0) is 14.9. The molecule has 1 aromatic carbocycles. The monoisotopic (exact) mass is 326 g/mol. The second-order valence-electron chi connectivity index (χ2n) is 5.56. The van der Waals surface area contributed by atoms with Crippen molar-refractivity contribution in [2.45, 2.75) is 45.1 Å². The summed E-state index contributed by atoms with van der Waals surface area (Å²) >= 11 is 0. The largest absolute Gasteiger partial charge is 0.490 e. The first-order chi connectivity index (χ1) is 10.3. The molecule has 0 aliphatic heterocycles. The van der Waals surface area contributed by atoms with Crippen molar-refractivity contribution in [2.75, 3.05) is 19.6 Å². The topological polar surface area (TPSA) is 50.4 Å². The lowest BCUT2D eigenvalue weighted by Gasteiger charge is -2.13. The minimum Gasteiger partial charge on any atom is -0.490 e. The number of benzene rings is 1. The molecule has 0 atom stereocenters. The Labute approximate surface area is 139 Å². The van der Waals surface area contributed by atoms with Gasteiger partial charge in [-0.1, -0.05) is 13.0 Å². The molecule has 1 aromatic rings. The summed E-state index contributed by atoms with van der Waals surface area (Å²) in [5, 5.41) is 6.18. The fourth-order valence-electron chi connectivity index (χ4n) is 2.58. The summed E-state index contributed by atoms with van der Waals surface area (Å²) in [5.41, 5.74) is 0.668. The van der Waals surface area contributed by atoms with E-state index < -0.39 is 0 Å². The first-order valence-electron chi connectivity index (χ1n) is 8.05. The number of ether oxygens (including phenoxy) is 1. The van der Waals surface area contributed by atoms with Gasteiger partial charge in [-0.3, -0.25) is 4.79 Å². The molecule has 124 valence electrons. The molecular formula is C17H27ClN2O2. The van der Waals surface area contributed by atoms with Crippen molar-refractivity contribution in [3.05, 3.63) is 29.8 Å². The third-order valence-electron chi connectivity index (χ3n) is 3.72.